The van der Waals surface area contributed by atoms with Crippen molar-refractivity contribution >= 4 is 23.5 Å². The molecule has 0 aliphatic heterocycles. The third-order valence-corrected chi connectivity index (χ3v) is 4.62. The average molecular weight is 318 g/mol. The zero-order valence-corrected chi connectivity index (χ0v) is 12.6. The Kier molecular flexibility index (Phi) is 3.67. The van der Waals surface area contributed by atoms with Gasteiger partial charge in [-0.05, 0) is 25.2 Å². The molecule has 1 fully saturated rings. The molecule has 2 aliphatic carbocycles. The minimum atomic E-state index is -0.971. The van der Waals surface area contributed by atoms with Crippen molar-refractivity contribution in [2.75, 3.05) is 5.32 Å². The molecule has 0 spiro atoms. The molecular formula is C15H18N4O4. The number of fused-ring (bicyclic) bond motifs is 2. The monoisotopic (exact) mass is 318 g/mol. The van der Waals surface area contributed by atoms with Gasteiger partial charge in [-0.1, -0.05) is 12.2 Å². The van der Waals surface area contributed by atoms with Gasteiger partial charge >= 0.3 is 5.97 Å². The van der Waals surface area contributed by atoms with E-state index in [4.69, 9.17) is 5.73 Å². The number of carboxylic acids is 1. The first-order valence-electron chi connectivity index (χ1n) is 7.51. The van der Waals surface area contributed by atoms with Crippen LogP contribution in [-0.4, -0.2) is 32.7 Å². The Bertz CT molecular complexity index is 708. The number of rotatable bonds is 5. The second-order valence-corrected chi connectivity index (χ2v) is 5.94. The zero-order chi connectivity index (χ0) is 16.7. The molecule has 2 aliphatic rings. The summed E-state index contributed by atoms with van der Waals surface area (Å²) in [7, 11) is 0. The van der Waals surface area contributed by atoms with E-state index in [0.717, 1.165) is 0 Å². The molecule has 8 nitrogen and oxygen atoms in total. The first-order valence-corrected chi connectivity index (χ1v) is 7.51. The van der Waals surface area contributed by atoms with E-state index in [1.807, 2.05) is 19.1 Å². The molecule has 3 rings (SSSR count). The Morgan fingerprint density at radius 1 is 1.35 bits per heavy atom. The van der Waals surface area contributed by atoms with Gasteiger partial charge in [0.05, 0.1) is 17.5 Å². The molecule has 4 atom stereocenters. The molecule has 0 unspecified atom stereocenters. The van der Waals surface area contributed by atoms with Crippen LogP contribution >= 0.6 is 0 Å². The van der Waals surface area contributed by atoms with Crippen LogP contribution in [0.5, 0.6) is 0 Å². The van der Waals surface area contributed by atoms with Crippen molar-refractivity contribution in [2.24, 2.45) is 29.4 Å². The number of nitrogens with one attached hydrogen (secondary N) is 1. The van der Waals surface area contributed by atoms with Crippen LogP contribution in [-0.2, 0) is 16.1 Å². The number of primary amides is 1. The summed E-state index contributed by atoms with van der Waals surface area (Å²) in [6.07, 6.45) is 5.97. The van der Waals surface area contributed by atoms with Crippen LogP contribution in [0.4, 0.5) is 5.69 Å². The molecule has 1 aromatic heterocycles. The number of nitrogens with zero attached hydrogens (tertiary/aromatic N) is 2. The van der Waals surface area contributed by atoms with Crippen molar-refractivity contribution < 1.29 is 19.5 Å². The first kappa shape index (κ1) is 15.3. The van der Waals surface area contributed by atoms with Gasteiger partial charge in [-0.3, -0.25) is 19.1 Å². The summed E-state index contributed by atoms with van der Waals surface area (Å²) in [6, 6.07) is 0. The number of aryl methyl sites for hydroxylation is 1. The summed E-state index contributed by atoms with van der Waals surface area (Å²) >= 11 is 0. The standard InChI is InChI=1S/C15H18N4O4/c1-2-19-6-9(12(18-19)13(16)20)17-14(21)10-7-3-4-8(5-7)11(10)15(22)23/h3-4,6-8,10-11H,2,5H2,1H3,(H2,16,20)(H,17,21)(H,22,23)/t7-,8+,10-,11+/m1/s1. The van der Waals surface area contributed by atoms with Gasteiger partial charge in [-0.15, -0.1) is 0 Å². The quantitative estimate of drug-likeness (QED) is 0.680. The normalized spacial score (nSPS) is 28.0. The number of carbonyl (C=O) groups is 3. The fourth-order valence-electron chi connectivity index (χ4n) is 3.59. The van der Waals surface area contributed by atoms with Crippen molar-refractivity contribution in [3.8, 4) is 0 Å². The highest BCUT2D eigenvalue weighted by Crippen LogP contribution is 2.48. The molecule has 0 saturated heterocycles. The van der Waals surface area contributed by atoms with Crippen molar-refractivity contribution in [3.63, 3.8) is 0 Å². The van der Waals surface area contributed by atoms with Gasteiger partial charge in [0.1, 0.15) is 0 Å². The topological polar surface area (TPSA) is 127 Å². The summed E-state index contributed by atoms with van der Waals surface area (Å²) in [5, 5.41) is 16.0. The number of allylic oxidation sites excluding steroid dienone is 2. The van der Waals surface area contributed by atoms with Gasteiger partial charge in [-0.25, -0.2) is 0 Å². The van der Waals surface area contributed by atoms with Gasteiger partial charge < -0.3 is 16.2 Å². The summed E-state index contributed by atoms with van der Waals surface area (Å²) in [5.41, 5.74) is 5.48. The Labute approximate surface area is 132 Å². The molecule has 2 amide bonds. The fraction of sp³-hybridized carbons (Fsp3) is 0.467. The number of hydrogen-bond donors (Lipinski definition) is 3. The van der Waals surface area contributed by atoms with Crippen LogP contribution in [0.15, 0.2) is 18.3 Å². The number of nitrogens with two attached hydrogens (primary N) is 1. The highest BCUT2D eigenvalue weighted by atomic mass is 16.4. The molecule has 1 saturated carbocycles. The fourth-order valence-corrected chi connectivity index (χ4v) is 3.59. The second kappa shape index (κ2) is 5.53. The average Bonchev–Trinajstić information content (AvgIpc) is 3.19. The lowest BCUT2D eigenvalue weighted by Gasteiger charge is -2.23. The lowest BCUT2D eigenvalue weighted by Crippen LogP contribution is -2.36. The van der Waals surface area contributed by atoms with E-state index in [-0.39, 0.29) is 23.2 Å². The first-order chi connectivity index (χ1) is 10.9. The number of carbonyl (C=O) groups excluding carboxylic acids is 2. The predicted octanol–water partition coefficient (Wildman–Crippen LogP) is 0.463. The van der Waals surface area contributed by atoms with E-state index in [1.165, 1.54) is 10.9 Å². The highest BCUT2D eigenvalue weighted by molar-refractivity contribution is 6.03. The Morgan fingerprint density at radius 2 is 2.00 bits per heavy atom. The molecule has 0 aromatic carbocycles. The number of aliphatic carboxylic acids is 1. The Balaban J connectivity index is 1.85. The third kappa shape index (κ3) is 2.49. The van der Waals surface area contributed by atoms with Crippen LogP contribution in [0, 0.1) is 23.7 Å². The van der Waals surface area contributed by atoms with Gasteiger partial charge in [0.15, 0.2) is 5.69 Å². The van der Waals surface area contributed by atoms with Crippen LogP contribution in [0.25, 0.3) is 0 Å². The Morgan fingerprint density at radius 3 is 2.57 bits per heavy atom. The van der Waals surface area contributed by atoms with Gasteiger partial charge in [0.2, 0.25) is 5.91 Å². The predicted molar refractivity (Wildman–Crippen MR) is 80.4 cm³/mol. The lowest BCUT2D eigenvalue weighted by molar-refractivity contribution is -0.146. The van der Waals surface area contributed by atoms with Crippen LogP contribution in [0.1, 0.15) is 23.8 Å². The Hall–Kier alpha value is -2.64. The van der Waals surface area contributed by atoms with Gasteiger partial charge in [-0.2, -0.15) is 5.10 Å². The summed E-state index contributed by atoms with van der Waals surface area (Å²) in [4.78, 5) is 35.5. The van der Waals surface area contributed by atoms with Crippen molar-refractivity contribution in [2.45, 2.75) is 19.9 Å². The van der Waals surface area contributed by atoms with E-state index < -0.39 is 29.6 Å². The van der Waals surface area contributed by atoms with Crippen molar-refractivity contribution in [1.82, 2.24) is 9.78 Å². The minimum absolute atomic E-state index is 0.0224. The molecular weight excluding hydrogens is 300 g/mol. The molecule has 8 heteroatoms. The molecule has 122 valence electrons. The van der Waals surface area contributed by atoms with E-state index in [0.29, 0.717) is 13.0 Å². The van der Waals surface area contributed by atoms with Gasteiger partial charge in [0, 0.05) is 12.7 Å². The van der Waals surface area contributed by atoms with Crippen molar-refractivity contribution in [3.05, 3.63) is 24.0 Å². The maximum Gasteiger partial charge on any atom is 0.307 e. The maximum atomic E-state index is 12.6. The SMILES string of the molecule is CCn1cc(NC(=O)[C@H]2[C@@H](C(=O)O)[C@H]3C=C[C@@H]2C3)c(C(N)=O)n1. The smallest absolute Gasteiger partial charge is 0.307 e. The number of carboxylic acid groups (broad SMARTS) is 1. The summed E-state index contributed by atoms with van der Waals surface area (Å²) in [5.74, 6) is -3.69. The van der Waals surface area contributed by atoms with Crippen LogP contribution < -0.4 is 11.1 Å². The number of amides is 2. The van der Waals surface area contributed by atoms with E-state index in [9.17, 15) is 19.5 Å². The lowest BCUT2D eigenvalue weighted by atomic mass is 9.82. The highest BCUT2D eigenvalue weighted by Gasteiger charge is 2.51. The van der Waals surface area contributed by atoms with Crippen LogP contribution in [0.3, 0.4) is 0 Å². The molecule has 2 bridgehead atoms. The zero-order valence-electron chi connectivity index (χ0n) is 12.6. The molecule has 0 radical (unpaired) electrons. The van der Waals surface area contributed by atoms with Crippen LogP contribution in [0.2, 0.25) is 0 Å². The summed E-state index contributed by atoms with van der Waals surface area (Å²) in [6.45, 7) is 2.36. The van der Waals surface area contributed by atoms with Crippen molar-refractivity contribution in [1.29, 1.82) is 0 Å². The number of anilines is 1. The molecule has 23 heavy (non-hydrogen) atoms. The van der Waals surface area contributed by atoms with Gasteiger partial charge in [0.25, 0.3) is 5.91 Å². The largest absolute Gasteiger partial charge is 0.481 e. The molecule has 1 aromatic rings. The van der Waals surface area contributed by atoms with E-state index >= 15 is 0 Å². The maximum absolute atomic E-state index is 12.6. The number of hydrogen-bond acceptors (Lipinski definition) is 4. The summed E-state index contributed by atoms with van der Waals surface area (Å²) < 4.78 is 1.49. The minimum Gasteiger partial charge on any atom is -0.481 e. The van der Waals surface area contributed by atoms with E-state index in [2.05, 4.69) is 10.4 Å². The molecule has 1 heterocycles. The third-order valence-electron chi connectivity index (χ3n) is 4.62. The number of aromatic nitrogens is 2. The van der Waals surface area contributed by atoms with E-state index in [1.54, 1.807) is 0 Å². The molecule has 4 N–H and O–H groups in total. The second-order valence-electron chi connectivity index (χ2n) is 5.94.